The summed E-state index contributed by atoms with van der Waals surface area (Å²) in [5, 5.41) is 19.5. The Bertz CT molecular complexity index is 326. The summed E-state index contributed by atoms with van der Waals surface area (Å²) in [6, 6.07) is 3.30. The van der Waals surface area contributed by atoms with Crippen LogP contribution in [0.2, 0.25) is 0 Å². The van der Waals surface area contributed by atoms with E-state index < -0.39 is 6.10 Å². The number of nitrogens with two attached hydrogens (primary N) is 1. The van der Waals surface area contributed by atoms with Gasteiger partial charge in [0.2, 0.25) is 0 Å². The number of hydrogen-bond acceptors (Lipinski definition) is 3. The van der Waals surface area contributed by atoms with Crippen LogP contribution in [0, 0.1) is 13.8 Å². The summed E-state index contributed by atoms with van der Waals surface area (Å²) in [5.74, 6) is 0.288. The van der Waals surface area contributed by atoms with Gasteiger partial charge in [-0.2, -0.15) is 0 Å². The molecule has 0 spiro atoms. The Hall–Kier alpha value is -1.06. The fraction of sp³-hybridized carbons (Fsp3) is 0.500. The molecule has 0 fully saturated rings. The first-order valence-electron chi connectivity index (χ1n) is 5.21. The van der Waals surface area contributed by atoms with Crippen molar-refractivity contribution in [2.75, 3.05) is 0 Å². The smallest absolute Gasteiger partial charge is 0.121 e. The molecule has 84 valence electrons. The van der Waals surface area contributed by atoms with Gasteiger partial charge in [-0.3, -0.25) is 0 Å². The van der Waals surface area contributed by atoms with Crippen molar-refractivity contribution in [3.63, 3.8) is 0 Å². The summed E-state index contributed by atoms with van der Waals surface area (Å²) in [4.78, 5) is 0. The maximum absolute atomic E-state index is 9.92. The molecule has 0 aliphatic heterocycles. The number of phenols is 1. The van der Waals surface area contributed by atoms with Crippen molar-refractivity contribution in [3.05, 3.63) is 28.8 Å². The van der Waals surface area contributed by atoms with E-state index in [9.17, 15) is 10.2 Å². The summed E-state index contributed by atoms with van der Waals surface area (Å²) < 4.78 is 0. The van der Waals surface area contributed by atoms with Crippen molar-refractivity contribution in [2.45, 2.75) is 39.3 Å². The van der Waals surface area contributed by atoms with Gasteiger partial charge in [-0.05, 0) is 49.1 Å². The van der Waals surface area contributed by atoms with Gasteiger partial charge in [0.25, 0.3) is 0 Å². The van der Waals surface area contributed by atoms with Gasteiger partial charge >= 0.3 is 0 Å². The monoisotopic (exact) mass is 209 g/mol. The van der Waals surface area contributed by atoms with Crippen LogP contribution in [0.15, 0.2) is 12.1 Å². The van der Waals surface area contributed by atoms with Crippen LogP contribution in [0.1, 0.15) is 36.1 Å². The van der Waals surface area contributed by atoms with Gasteiger partial charge in [-0.1, -0.05) is 6.92 Å². The van der Waals surface area contributed by atoms with Crippen LogP contribution in [0.4, 0.5) is 0 Å². The maximum Gasteiger partial charge on any atom is 0.121 e. The first-order chi connectivity index (χ1) is 6.97. The Kier molecular flexibility index (Phi) is 3.72. The predicted octanol–water partition coefficient (Wildman–Crippen LogP) is 1.78. The average Bonchev–Trinajstić information content (AvgIpc) is 2.23. The molecule has 0 radical (unpaired) electrons. The van der Waals surface area contributed by atoms with E-state index in [-0.39, 0.29) is 11.8 Å². The van der Waals surface area contributed by atoms with Gasteiger partial charge in [0.1, 0.15) is 5.75 Å². The highest BCUT2D eigenvalue weighted by Crippen LogP contribution is 2.27. The first kappa shape index (κ1) is 12.0. The molecule has 0 aromatic heterocycles. The fourth-order valence-corrected chi connectivity index (χ4v) is 1.63. The lowest BCUT2D eigenvalue weighted by Crippen LogP contribution is -2.27. The summed E-state index contributed by atoms with van der Waals surface area (Å²) in [6.07, 6.45) is 0.0631. The molecule has 1 aromatic rings. The number of aryl methyl sites for hydroxylation is 2. The summed E-state index contributed by atoms with van der Waals surface area (Å²) in [7, 11) is 0. The minimum absolute atomic E-state index is 0.256. The number of benzene rings is 1. The van der Waals surface area contributed by atoms with Crippen LogP contribution in [-0.2, 0) is 0 Å². The van der Waals surface area contributed by atoms with Crippen molar-refractivity contribution in [1.82, 2.24) is 0 Å². The Labute approximate surface area is 90.5 Å². The average molecular weight is 209 g/mol. The molecule has 0 bridgehead atoms. The second-order valence-corrected chi connectivity index (χ2v) is 4.02. The Morgan fingerprint density at radius 3 is 2.13 bits per heavy atom. The van der Waals surface area contributed by atoms with Gasteiger partial charge in [0.05, 0.1) is 6.10 Å². The zero-order valence-corrected chi connectivity index (χ0v) is 9.49. The van der Waals surface area contributed by atoms with Gasteiger partial charge in [-0.15, -0.1) is 0 Å². The van der Waals surface area contributed by atoms with E-state index in [1.54, 1.807) is 12.1 Å². The van der Waals surface area contributed by atoms with Gasteiger partial charge in [-0.25, -0.2) is 0 Å². The molecular weight excluding hydrogens is 190 g/mol. The minimum atomic E-state index is -0.659. The number of aromatic hydroxyl groups is 1. The van der Waals surface area contributed by atoms with Crippen LogP contribution in [0.25, 0.3) is 0 Å². The van der Waals surface area contributed by atoms with Gasteiger partial charge in [0, 0.05) is 6.04 Å². The van der Waals surface area contributed by atoms with Crippen LogP contribution in [0.5, 0.6) is 5.75 Å². The van der Waals surface area contributed by atoms with E-state index in [2.05, 4.69) is 0 Å². The number of rotatable bonds is 3. The molecule has 1 rings (SSSR count). The highest BCUT2D eigenvalue weighted by molar-refractivity contribution is 5.43. The maximum atomic E-state index is 9.92. The van der Waals surface area contributed by atoms with E-state index >= 15 is 0 Å². The quantitative estimate of drug-likeness (QED) is 0.711. The Morgan fingerprint density at radius 1 is 1.27 bits per heavy atom. The molecule has 2 unspecified atom stereocenters. The number of phenolic OH excluding ortho intramolecular Hbond substituents is 1. The molecule has 3 nitrogen and oxygen atoms in total. The van der Waals surface area contributed by atoms with E-state index in [1.165, 1.54) is 0 Å². The van der Waals surface area contributed by atoms with Crippen molar-refractivity contribution < 1.29 is 10.2 Å². The summed E-state index contributed by atoms with van der Waals surface area (Å²) in [6.45, 7) is 5.57. The van der Waals surface area contributed by atoms with E-state index in [1.807, 2.05) is 20.8 Å². The highest BCUT2D eigenvalue weighted by atomic mass is 16.3. The molecule has 2 atom stereocenters. The molecule has 0 saturated carbocycles. The SMILES string of the molecule is CCC(N)C(O)c1cc(C)c(O)c(C)c1. The van der Waals surface area contributed by atoms with Crippen LogP contribution in [-0.4, -0.2) is 16.3 Å². The predicted molar refractivity (Wildman–Crippen MR) is 60.8 cm³/mol. The zero-order chi connectivity index (χ0) is 11.6. The van der Waals surface area contributed by atoms with Crippen molar-refractivity contribution in [1.29, 1.82) is 0 Å². The van der Waals surface area contributed by atoms with E-state index in [0.717, 1.165) is 23.1 Å². The molecule has 1 aromatic carbocycles. The Morgan fingerprint density at radius 2 is 1.73 bits per heavy atom. The molecule has 0 saturated heterocycles. The van der Waals surface area contributed by atoms with E-state index in [4.69, 9.17) is 5.73 Å². The third-order valence-electron chi connectivity index (χ3n) is 2.73. The summed E-state index contributed by atoms with van der Waals surface area (Å²) in [5.41, 5.74) is 8.09. The van der Waals surface area contributed by atoms with Crippen molar-refractivity contribution in [3.8, 4) is 5.75 Å². The second-order valence-electron chi connectivity index (χ2n) is 4.02. The molecular formula is C12H19NO2. The van der Waals surface area contributed by atoms with Gasteiger partial charge in [0.15, 0.2) is 0 Å². The minimum Gasteiger partial charge on any atom is -0.507 e. The lowest BCUT2D eigenvalue weighted by Gasteiger charge is -2.19. The topological polar surface area (TPSA) is 66.5 Å². The van der Waals surface area contributed by atoms with Crippen molar-refractivity contribution >= 4 is 0 Å². The molecule has 3 heteroatoms. The van der Waals surface area contributed by atoms with Crippen LogP contribution < -0.4 is 5.73 Å². The van der Waals surface area contributed by atoms with Gasteiger partial charge < -0.3 is 15.9 Å². The summed E-state index contributed by atoms with van der Waals surface area (Å²) >= 11 is 0. The molecule has 15 heavy (non-hydrogen) atoms. The highest BCUT2D eigenvalue weighted by Gasteiger charge is 2.16. The van der Waals surface area contributed by atoms with Crippen molar-refractivity contribution in [2.24, 2.45) is 5.73 Å². The largest absolute Gasteiger partial charge is 0.507 e. The molecule has 0 amide bonds. The molecule has 0 aliphatic carbocycles. The Balaban J connectivity index is 3.06. The number of hydrogen-bond donors (Lipinski definition) is 3. The molecule has 0 heterocycles. The molecule has 0 aliphatic rings. The number of aliphatic hydroxyl groups excluding tert-OH is 1. The molecule has 4 N–H and O–H groups in total. The van der Waals surface area contributed by atoms with E-state index in [0.29, 0.717) is 0 Å². The third-order valence-corrected chi connectivity index (χ3v) is 2.73. The standard InChI is InChI=1S/C12H19NO2/c1-4-10(13)12(15)9-5-7(2)11(14)8(3)6-9/h5-6,10,12,14-15H,4,13H2,1-3H3. The fourth-order valence-electron chi connectivity index (χ4n) is 1.63. The van der Waals surface area contributed by atoms with Crippen LogP contribution >= 0.6 is 0 Å². The third kappa shape index (κ3) is 2.49. The normalized spacial score (nSPS) is 15.0. The zero-order valence-electron chi connectivity index (χ0n) is 9.49. The number of aliphatic hydroxyl groups is 1. The first-order valence-corrected chi connectivity index (χ1v) is 5.21. The second kappa shape index (κ2) is 4.64. The van der Waals surface area contributed by atoms with Crippen LogP contribution in [0.3, 0.4) is 0 Å². The lowest BCUT2D eigenvalue weighted by molar-refractivity contribution is 0.144. The lowest BCUT2D eigenvalue weighted by atomic mass is 9.97.